The average molecular weight is 125 g/mol. The summed E-state index contributed by atoms with van der Waals surface area (Å²) in [6.45, 7) is 0. The minimum absolute atomic E-state index is 0.324. The van der Waals surface area contributed by atoms with Crippen LogP contribution in [0.4, 0.5) is 0 Å². The second-order valence-electron chi connectivity index (χ2n) is 3.86. The second-order valence-corrected chi connectivity index (χ2v) is 3.86. The molecule has 0 saturated heterocycles. The van der Waals surface area contributed by atoms with Crippen LogP contribution in [0.25, 0.3) is 0 Å². The molecule has 0 amide bonds. The number of hydrogen-bond acceptors (Lipinski definition) is 1. The van der Waals surface area contributed by atoms with Crippen molar-refractivity contribution in [1.29, 1.82) is 0 Å². The molecule has 0 aliphatic heterocycles. The van der Waals surface area contributed by atoms with E-state index in [4.69, 9.17) is 5.73 Å². The quantitative estimate of drug-likeness (QED) is 0.597. The Morgan fingerprint density at radius 3 is 2.33 bits per heavy atom. The van der Waals surface area contributed by atoms with E-state index in [9.17, 15) is 0 Å². The van der Waals surface area contributed by atoms with Gasteiger partial charge in [-0.1, -0.05) is 19.3 Å². The first-order valence-corrected chi connectivity index (χ1v) is 4.07. The summed E-state index contributed by atoms with van der Waals surface area (Å²) in [4.78, 5) is 0. The Balaban J connectivity index is 1.76. The zero-order valence-corrected chi connectivity index (χ0v) is 5.90. The molecular weight excluding hydrogens is 110 g/mol. The molecule has 0 aromatic rings. The van der Waals surface area contributed by atoms with Crippen molar-refractivity contribution in [2.24, 2.45) is 11.7 Å². The molecule has 1 heteroatoms. The second kappa shape index (κ2) is 1.72. The van der Waals surface area contributed by atoms with Crippen LogP contribution in [-0.2, 0) is 0 Å². The molecule has 2 rings (SSSR count). The fourth-order valence-electron chi connectivity index (χ4n) is 1.64. The highest BCUT2D eigenvalue weighted by atomic mass is 14.8. The lowest BCUT2D eigenvalue weighted by Crippen LogP contribution is -2.28. The largest absolute Gasteiger partial charge is 0.325 e. The Morgan fingerprint density at radius 1 is 1.33 bits per heavy atom. The molecule has 52 valence electrons. The molecule has 2 fully saturated rings. The van der Waals surface area contributed by atoms with Crippen LogP contribution >= 0.6 is 0 Å². The van der Waals surface area contributed by atoms with Crippen molar-refractivity contribution < 1.29 is 0 Å². The first kappa shape index (κ1) is 5.72. The summed E-state index contributed by atoms with van der Waals surface area (Å²) in [5.74, 6) is 1.01. The lowest BCUT2D eigenvalue weighted by atomic mass is 9.80. The molecular formula is C8H15N. The Bertz CT molecular complexity index is 112. The maximum absolute atomic E-state index is 5.96. The van der Waals surface area contributed by atoms with Crippen LogP contribution in [0, 0.1) is 5.92 Å². The van der Waals surface area contributed by atoms with Gasteiger partial charge in [0.15, 0.2) is 0 Å². The molecule has 2 aliphatic rings. The Hall–Kier alpha value is -0.0400. The maximum Gasteiger partial charge on any atom is 0.0158 e. The van der Waals surface area contributed by atoms with E-state index in [0.29, 0.717) is 5.54 Å². The van der Waals surface area contributed by atoms with Crippen molar-refractivity contribution >= 4 is 0 Å². The van der Waals surface area contributed by atoms with E-state index in [-0.39, 0.29) is 0 Å². The molecule has 0 spiro atoms. The normalized spacial score (nSPS) is 31.7. The van der Waals surface area contributed by atoms with Crippen LogP contribution < -0.4 is 5.73 Å². The minimum Gasteiger partial charge on any atom is -0.325 e. The first-order valence-electron chi connectivity index (χ1n) is 4.07. The monoisotopic (exact) mass is 125 g/mol. The van der Waals surface area contributed by atoms with Gasteiger partial charge < -0.3 is 5.73 Å². The molecule has 0 aromatic heterocycles. The molecule has 2 saturated carbocycles. The fourth-order valence-corrected chi connectivity index (χ4v) is 1.64. The van der Waals surface area contributed by atoms with Crippen LogP contribution in [0.1, 0.15) is 38.5 Å². The lowest BCUT2D eigenvalue weighted by Gasteiger charge is -2.27. The van der Waals surface area contributed by atoms with Crippen molar-refractivity contribution in [3.05, 3.63) is 0 Å². The number of hydrogen-bond donors (Lipinski definition) is 1. The van der Waals surface area contributed by atoms with Crippen LogP contribution in [0.3, 0.4) is 0 Å². The van der Waals surface area contributed by atoms with Crippen LogP contribution in [0.2, 0.25) is 0 Å². The van der Waals surface area contributed by atoms with Gasteiger partial charge in [0.1, 0.15) is 0 Å². The van der Waals surface area contributed by atoms with Crippen LogP contribution in [-0.4, -0.2) is 5.54 Å². The van der Waals surface area contributed by atoms with E-state index in [2.05, 4.69) is 0 Å². The summed E-state index contributed by atoms with van der Waals surface area (Å²) in [6, 6.07) is 0. The maximum atomic E-state index is 5.96. The third-order valence-electron chi connectivity index (χ3n) is 2.81. The number of rotatable bonds is 2. The van der Waals surface area contributed by atoms with Crippen molar-refractivity contribution in [3.63, 3.8) is 0 Å². The third kappa shape index (κ3) is 1.11. The Kier molecular flexibility index (Phi) is 1.10. The third-order valence-corrected chi connectivity index (χ3v) is 2.81. The summed E-state index contributed by atoms with van der Waals surface area (Å²) in [5.41, 5.74) is 6.28. The highest BCUT2D eigenvalue weighted by Crippen LogP contribution is 2.43. The molecule has 0 bridgehead atoms. The molecule has 2 N–H and O–H groups in total. The molecule has 0 heterocycles. The summed E-state index contributed by atoms with van der Waals surface area (Å²) >= 11 is 0. The van der Waals surface area contributed by atoms with Gasteiger partial charge in [-0.3, -0.25) is 0 Å². The molecule has 0 atom stereocenters. The molecule has 1 nitrogen and oxygen atoms in total. The van der Waals surface area contributed by atoms with Gasteiger partial charge in [0.25, 0.3) is 0 Å². The zero-order chi connectivity index (χ0) is 6.32. The van der Waals surface area contributed by atoms with Crippen molar-refractivity contribution in [1.82, 2.24) is 0 Å². The van der Waals surface area contributed by atoms with E-state index >= 15 is 0 Å². The fraction of sp³-hybridized carbons (Fsp3) is 1.00. The van der Waals surface area contributed by atoms with Gasteiger partial charge in [0, 0.05) is 5.54 Å². The summed E-state index contributed by atoms with van der Waals surface area (Å²) in [6.07, 6.45) is 8.29. The van der Waals surface area contributed by atoms with Gasteiger partial charge in [-0.25, -0.2) is 0 Å². The Morgan fingerprint density at radius 2 is 2.00 bits per heavy atom. The topological polar surface area (TPSA) is 26.0 Å². The van der Waals surface area contributed by atoms with Gasteiger partial charge in [-0.15, -0.1) is 0 Å². The predicted octanol–water partition coefficient (Wildman–Crippen LogP) is 1.67. The highest BCUT2D eigenvalue weighted by molar-refractivity contribution is 5.00. The molecule has 2 aliphatic carbocycles. The van der Waals surface area contributed by atoms with Gasteiger partial charge in [0.2, 0.25) is 0 Å². The molecule has 9 heavy (non-hydrogen) atoms. The van der Waals surface area contributed by atoms with Gasteiger partial charge in [-0.05, 0) is 25.2 Å². The van der Waals surface area contributed by atoms with E-state index in [1.54, 1.807) is 0 Å². The van der Waals surface area contributed by atoms with Gasteiger partial charge in [0.05, 0.1) is 0 Å². The van der Waals surface area contributed by atoms with Crippen molar-refractivity contribution in [3.8, 4) is 0 Å². The van der Waals surface area contributed by atoms with Gasteiger partial charge >= 0.3 is 0 Å². The van der Waals surface area contributed by atoms with E-state index in [1.807, 2.05) is 0 Å². The first-order chi connectivity index (χ1) is 4.29. The lowest BCUT2D eigenvalue weighted by molar-refractivity contribution is 0.270. The summed E-state index contributed by atoms with van der Waals surface area (Å²) in [5, 5.41) is 0. The highest BCUT2D eigenvalue weighted by Gasteiger charge is 2.40. The summed E-state index contributed by atoms with van der Waals surface area (Å²) < 4.78 is 0. The van der Waals surface area contributed by atoms with Crippen molar-refractivity contribution in [2.45, 2.75) is 44.1 Å². The van der Waals surface area contributed by atoms with Crippen LogP contribution in [0.15, 0.2) is 0 Å². The van der Waals surface area contributed by atoms with E-state index < -0.39 is 0 Å². The predicted molar refractivity (Wildman–Crippen MR) is 38.1 cm³/mol. The van der Waals surface area contributed by atoms with E-state index in [0.717, 1.165) is 5.92 Å². The Labute approximate surface area is 56.6 Å². The van der Waals surface area contributed by atoms with E-state index in [1.165, 1.54) is 38.5 Å². The average Bonchev–Trinajstić information content (AvgIpc) is 2.39. The molecule has 0 aromatic carbocycles. The zero-order valence-electron chi connectivity index (χ0n) is 5.90. The van der Waals surface area contributed by atoms with Crippen LogP contribution in [0.5, 0.6) is 0 Å². The summed E-state index contributed by atoms with van der Waals surface area (Å²) in [7, 11) is 0. The smallest absolute Gasteiger partial charge is 0.0158 e. The molecule has 0 unspecified atom stereocenters. The number of nitrogens with two attached hydrogens (primary N) is 1. The minimum atomic E-state index is 0.324. The molecule has 0 radical (unpaired) electrons. The standard InChI is InChI=1S/C8H15N/c9-8(4-5-8)6-7-2-1-3-7/h7H,1-6,9H2. The SMILES string of the molecule is NC1(CC2CCC2)CC1. The van der Waals surface area contributed by atoms with Crippen molar-refractivity contribution in [2.75, 3.05) is 0 Å². The van der Waals surface area contributed by atoms with Gasteiger partial charge in [-0.2, -0.15) is 0 Å².